The van der Waals surface area contributed by atoms with Crippen LogP contribution in [-0.4, -0.2) is 29.2 Å². The molecule has 0 saturated heterocycles. The van der Waals surface area contributed by atoms with E-state index in [2.05, 4.69) is 33.8 Å². The molecule has 5 aromatic rings. The SMILES string of the molecule is Cn1c(C(=O)[Se]c2ccccc2)c(Cc2cnc3ccccc3c2)c2ccccc21. The molecule has 4 heteroatoms. The minimum atomic E-state index is -0.264. The molecule has 0 spiro atoms. The van der Waals surface area contributed by atoms with E-state index in [1.54, 1.807) is 0 Å². The number of carbonyl (C=O) groups is 1. The van der Waals surface area contributed by atoms with Gasteiger partial charge in [-0.3, -0.25) is 0 Å². The third-order valence-electron chi connectivity index (χ3n) is 5.39. The number of benzene rings is 3. The summed E-state index contributed by atoms with van der Waals surface area (Å²) >= 11 is -0.264. The summed E-state index contributed by atoms with van der Waals surface area (Å²) < 4.78 is 3.36. The Labute approximate surface area is 181 Å². The molecular weight excluding hydrogens is 435 g/mol. The Kier molecular flexibility index (Phi) is 4.96. The van der Waals surface area contributed by atoms with Crippen LogP contribution in [0.15, 0.2) is 91.1 Å². The van der Waals surface area contributed by atoms with Crippen molar-refractivity contribution >= 4 is 45.9 Å². The van der Waals surface area contributed by atoms with E-state index in [9.17, 15) is 4.79 Å². The molecule has 5 rings (SSSR count). The molecule has 2 heterocycles. The summed E-state index contributed by atoms with van der Waals surface area (Å²) in [6.07, 6.45) is 2.62. The van der Waals surface area contributed by atoms with Crippen LogP contribution in [0.1, 0.15) is 21.6 Å². The topological polar surface area (TPSA) is 34.9 Å². The maximum atomic E-state index is 13.4. The van der Waals surface area contributed by atoms with Crippen LogP contribution >= 0.6 is 0 Å². The molecular formula is C26H20N2OSe. The van der Waals surface area contributed by atoms with E-state index >= 15 is 0 Å². The van der Waals surface area contributed by atoms with Crippen molar-refractivity contribution in [2.45, 2.75) is 6.42 Å². The second-order valence-electron chi connectivity index (χ2n) is 7.32. The molecule has 0 radical (unpaired) electrons. The van der Waals surface area contributed by atoms with E-state index in [1.165, 1.54) is 0 Å². The molecule has 0 N–H and O–H groups in total. The van der Waals surface area contributed by atoms with Crippen molar-refractivity contribution in [1.29, 1.82) is 0 Å². The minimum absolute atomic E-state index is 0.205. The van der Waals surface area contributed by atoms with Gasteiger partial charge in [0.1, 0.15) is 0 Å². The molecule has 0 unspecified atom stereocenters. The molecule has 0 fully saturated rings. The van der Waals surface area contributed by atoms with Gasteiger partial charge in [0, 0.05) is 0 Å². The van der Waals surface area contributed by atoms with Crippen LogP contribution in [0.5, 0.6) is 0 Å². The van der Waals surface area contributed by atoms with Crippen molar-refractivity contribution in [1.82, 2.24) is 9.55 Å². The number of carbonyl (C=O) groups excluding carboxylic acids is 1. The molecule has 0 amide bonds. The summed E-state index contributed by atoms with van der Waals surface area (Å²) in [6.45, 7) is 0. The van der Waals surface area contributed by atoms with Crippen molar-refractivity contribution in [2.24, 2.45) is 7.05 Å². The predicted molar refractivity (Wildman–Crippen MR) is 124 cm³/mol. The molecule has 0 aliphatic carbocycles. The van der Waals surface area contributed by atoms with Gasteiger partial charge < -0.3 is 0 Å². The van der Waals surface area contributed by atoms with Gasteiger partial charge in [0.15, 0.2) is 0 Å². The fourth-order valence-electron chi connectivity index (χ4n) is 3.97. The van der Waals surface area contributed by atoms with Crippen LogP contribution in [0.25, 0.3) is 21.8 Å². The quantitative estimate of drug-likeness (QED) is 0.366. The fourth-order valence-corrected chi connectivity index (χ4v) is 5.79. The third kappa shape index (κ3) is 3.45. The van der Waals surface area contributed by atoms with Gasteiger partial charge in [-0.15, -0.1) is 0 Å². The third-order valence-corrected chi connectivity index (χ3v) is 7.25. The summed E-state index contributed by atoms with van der Waals surface area (Å²) in [5.74, 6) is 0. The Morgan fingerprint density at radius 3 is 2.53 bits per heavy atom. The van der Waals surface area contributed by atoms with E-state index in [1.807, 2.05) is 73.9 Å². The summed E-state index contributed by atoms with van der Waals surface area (Å²) in [4.78, 5) is 18.0. The molecule has 2 aromatic heterocycles. The number of nitrogens with zero attached hydrogens (tertiary/aromatic N) is 2. The van der Waals surface area contributed by atoms with Crippen molar-refractivity contribution in [3.8, 4) is 0 Å². The molecule has 146 valence electrons. The Balaban J connectivity index is 1.60. The number of rotatable bonds is 5. The summed E-state index contributed by atoms with van der Waals surface area (Å²) in [5, 5.41) is 2.26. The van der Waals surface area contributed by atoms with Gasteiger partial charge in [-0.25, -0.2) is 0 Å². The molecule has 0 saturated carbocycles. The molecule has 3 aromatic carbocycles. The van der Waals surface area contributed by atoms with Gasteiger partial charge in [-0.1, -0.05) is 0 Å². The number of hydrogen-bond acceptors (Lipinski definition) is 2. The van der Waals surface area contributed by atoms with E-state index < -0.39 is 0 Å². The zero-order chi connectivity index (χ0) is 20.5. The van der Waals surface area contributed by atoms with Crippen molar-refractivity contribution in [2.75, 3.05) is 0 Å². The van der Waals surface area contributed by atoms with Crippen molar-refractivity contribution in [3.05, 3.63) is 108 Å². The van der Waals surface area contributed by atoms with Gasteiger partial charge in [0.25, 0.3) is 0 Å². The Hall–Kier alpha value is -3.20. The number of hydrogen-bond donors (Lipinski definition) is 0. The summed E-state index contributed by atoms with van der Waals surface area (Å²) in [6, 6.07) is 28.6. The van der Waals surface area contributed by atoms with Crippen LogP contribution in [0.3, 0.4) is 0 Å². The zero-order valence-corrected chi connectivity index (χ0v) is 18.3. The Bertz CT molecular complexity index is 1370. The number of fused-ring (bicyclic) bond motifs is 2. The molecule has 0 atom stereocenters. The van der Waals surface area contributed by atoms with Crippen LogP contribution in [0.4, 0.5) is 0 Å². The maximum absolute atomic E-state index is 13.4. The first-order valence-corrected chi connectivity index (χ1v) is 11.6. The van der Waals surface area contributed by atoms with Gasteiger partial charge >= 0.3 is 182 Å². The zero-order valence-electron chi connectivity index (χ0n) is 16.6. The van der Waals surface area contributed by atoms with Crippen molar-refractivity contribution < 1.29 is 4.79 Å². The average Bonchev–Trinajstić information content (AvgIpc) is 3.06. The van der Waals surface area contributed by atoms with Gasteiger partial charge in [-0.05, 0) is 0 Å². The first-order valence-electron chi connectivity index (χ1n) is 9.88. The Morgan fingerprint density at radius 2 is 1.67 bits per heavy atom. The van der Waals surface area contributed by atoms with E-state index in [0.717, 1.165) is 43.1 Å². The number of para-hydroxylation sites is 2. The van der Waals surface area contributed by atoms with Crippen LogP contribution in [-0.2, 0) is 13.5 Å². The number of aromatic nitrogens is 2. The second kappa shape index (κ2) is 7.91. The van der Waals surface area contributed by atoms with Gasteiger partial charge in [0.05, 0.1) is 0 Å². The molecule has 0 aliphatic heterocycles. The van der Waals surface area contributed by atoms with Gasteiger partial charge in [-0.2, -0.15) is 0 Å². The van der Waals surface area contributed by atoms with Crippen LogP contribution in [0.2, 0.25) is 0 Å². The van der Waals surface area contributed by atoms with E-state index in [0.29, 0.717) is 6.42 Å². The Morgan fingerprint density at radius 1 is 0.933 bits per heavy atom. The standard InChI is InChI=1S/C26H20N2OSe/c1-28-24-14-8-6-12-21(24)22(25(28)26(29)30-20-10-3-2-4-11-20)16-18-15-19-9-5-7-13-23(19)27-17-18/h2-15,17H,16H2,1H3. The number of pyridine rings is 1. The first-order chi connectivity index (χ1) is 14.7. The second-order valence-corrected chi connectivity index (χ2v) is 9.51. The molecule has 3 nitrogen and oxygen atoms in total. The number of aryl methyl sites for hydroxylation is 1. The summed E-state index contributed by atoms with van der Waals surface area (Å²) in [5.41, 5.74) is 5.10. The van der Waals surface area contributed by atoms with Crippen LogP contribution in [0, 0.1) is 0 Å². The predicted octanol–water partition coefficient (Wildman–Crippen LogP) is 4.49. The molecule has 30 heavy (non-hydrogen) atoms. The fraction of sp³-hybridized carbons (Fsp3) is 0.0769. The summed E-state index contributed by atoms with van der Waals surface area (Å²) in [7, 11) is 2.00. The normalized spacial score (nSPS) is 11.2. The molecule has 0 bridgehead atoms. The van der Waals surface area contributed by atoms with E-state index in [4.69, 9.17) is 0 Å². The van der Waals surface area contributed by atoms with Gasteiger partial charge in [0.2, 0.25) is 0 Å². The molecule has 0 aliphatic rings. The van der Waals surface area contributed by atoms with Crippen molar-refractivity contribution in [3.63, 3.8) is 0 Å². The van der Waals surface area contributed by atoms with E-state index in [-0.39, 0.29) is 19.6 Å². The first kappa shape index (κ1) is 18.8. The monoisotopic (exact) mass is 456 g/mol. The van der Waals surface area contributed by atoms with Crippen LogP contribution < -0.4 is 4.46 Å². The average molecular weight is 455 g/mol.